The average molecular weight is 582 g/mol. The van der Waals surface area contributed by atoms with Gasteiger partial charge in [-0.3, -0.25) is 9.59 Å². The zero-order chi connectivity index (χ0) is 29.0. The third-order valence-electron chi connectivity index (χ3n) is 6.73. The van der Waals surface area contributed by atoms with Crippen LogP contribution in [0.5, 0.6) is 5.75 Å². The highest BCUT2D eigenvalue weighted by atomic mass is 32.2. The molecule has 13 heteroatoms. The highest BCUT2D eigenvalue weighted by molar-refractivity contribution is 8.16. The largest absolute Gasteiger partial charge is 0.496 e. The van der Waals surface area contributed by atoms with E-state index in [0.29, 0.717) is 25.1 Å². The van der Waals surface area contributed by atoms with Gasteiger partial charge in [-0.25, -0.2) is 9.79 Å². The second-order valence-electron chi connectivity index (χ2n) is 9.22. The molecule has 0 saturated carbocycles. The van der Waals surface area contributed by atoms with Crippen LogP contribution < -0.4 is 4.74 Å². The zero-order valence-corrected chi connectivity index (χ0v) is 23.1. The predicted molar refractivity (Wildman–Crippen MR) is 141 cm³/mol. The molecule has 2 unspecified atom stereocenters. The molecule has 1 fully saturated rings. The van der Waals surface area contributed by atoms with E-state index in [1.54, 1.807) is 41.5 Å². The summed E-state index contributed by atoms with van der Waals surface area (Å²) in [4.78, 5) is 45.6. The molecule has 0 aromatic heterocycles. The standard InChI is InChI=1S/C27H30F3N3O6S/c1-4-38-24(35)16-9-8-12-32(14-16)20(34)13-17-15-40-26-31-23(27(28,29)30)21(25(36)39-5-2)22(33(17)26)18-10-6-7-11-19(18)37-3/h6-7,10-11,15-16,22H,4-5,8-9,12-14H2,1-3H3. The van der Waals surface area contributed by atoms with Gasteiger partial charge in [0.25, 0.3) is 0 Å². The van der Waals surface area contributed by atoms with Gasteiger partial charge in [0.2, 0.25) is 5.91 Å². The van der Waals surface area contributed by atoms with E-state index >= 15 is 0 Å². The Morgan fingerprint density at radius 1 is 1.12 bits per heavy atom. The molecule has 0 spiro atoms. The van der Waals surface area contributed by atoms with Gasteiger partial charge in [-0.05, 0) is 38.2 Å². The number of rotatable bonds is 8. The van der Waals surface area contributed by atoms with Gasteiger partial charge in [-0.15, -0.1) is 0 Å². The minimum Gasteiger partial charge on any atom is -0.496 e. The van der Waals surface area contributed by atoms with Crippen LogP contribution in [0.2, 0.25) is 0 Å². The number of allylic oxidation sites excluding steroid dienone is 1. The number of likely N-dealkylation sites (tertiary alicyclic amines) is 1. The van der Waals surface area contributed by atoms with Crippen molar-refractivity contribution in [2.75, 3.05) is 33.4 Å². The smallest absolute Gasteiger partial charge is 0.434 e. The van der Waals surface area contributed by atoms with E-state index in [9.17, 15) is 27.6 Å². The van der Waals surface area contributed by atoms with E-state index in [1.807, 2.05) is 0 Å². The monoisotopic (exact) mass is 581 g/mol. The van der Waals surface area contributed by atoms with Crippen LogP contribution in [0.3, 0.4) is 0 Å². The van der Waals surface area contributed by atoms with Crippen LogP contribution in [0.15, 0.2) is 51.6 Å². The lowest BCUT2D eigenvalue weighted by molar-refractivity contribution is -0.151. The summed E-state index contributed by atoms with van der Waals surface area (Å²) < 4.78 is 58.5. The molecule has 2 atom stereocenters. The lowest BCUT2D eigenvalue weighted by Gasteiger charge is -2.38. The number of thioether (sulfide) groups is 1. The third kappa shape index (κ3) is 5.98. The van der Waals surface area contributed by atoms with E-state index in [1.165, 1.54) is 18.9 Å². The molecular weight excluding hydrogens is 551 g/mol. The molecule has 0 radical (unpaired) electrons. The Morgan fingerprint density at radius 2 is 1.85 bits per heavy atom. The number of halogens is 3. The maximum absolute atomic E-state index is 14.3. The molecule has 4 rings (SSSR count). The summed E-state index contributed by atoms with van der Waals surface area (Å²) in [6.45, 7) is 3.95. The number of carbonyl (C=O) groups excluding carboxylic acids is 3. The summed E-state index contributed by atoms with van der Waals surface area (Å²) >= 11 is 0.936. The Bertz CT molecular complexity index is 1260. The molecule has 9 nitrogen and oxygen atoms in total. The number of amides is 1. The molecule has 0 aliphatic carbocycles. The lowest BCUT2D eigenvalue weighted by Crippen LogP contribution is -2.44. The first-order valence-corrected chi connectivity index (χ1v) is 13.8. The number of alkyl halides is 3. The molecule has 0 bridgehead atoms. The molecule has 40 heavy (non-hydrogen) atoms. The van der Waals surface area contributed by atoms with Gasteiger partial charge in [0.1, 0.15) is 5.75 Å². The number of ether oxygens (including phenoxy) is 3. The van der Waals surface area contributed by atoms with Crippen molar-refractivity contribution in [2.45, 2.75) is 45.3 Å². The number of esters is 2. The second-order valence-corrected chi connectivity index (χ2v) is 10.1. The molecule has 3 heterocycles. The summed E-state index contributed by atoms with van der Waals surface area (Å²) in [7, 11) is 1.38. The number of benzene rings is 1. The van der Waals surface area contributed by atoms with Crippen LogP contribution in [0.4, 0.5) is 13.2 Å². The van der Waals surface area contributed by atoms with Crippen molar-refractivity contribution in [3.63, 3.8) is 0 Å². The van der Waals surface area contributed by atoms with Crippen LogP contribution in [-0.2, 0) is 23.9 Å². The van der Waals surface area contributed by atoms with E-state index < -0.39 is 35.4 Å². The normalized spacial score (nSPS) is 20.9. The van der Waals surface area contributed by atoms with Gasteiger partial charge in [0, 0.05) is 24.4 Å². The highest BCUT2D eigenvalue weighted by Crippen LogP contribution is 2.49. The number of hydrogen-bond acceptors (Lipinski definition) is 9. The van der Waals surface area contributed by atoms with Crippen molar-refractivity contribution in [3.8, 4) is 5.75 Å². The Balaban J connectivity index is 1.72. The number of nitrogens with zero attached hydrogens (tertiary/aromatic N) is 3. The predicted octanol–water partition coefficient (Wildman–Crippen LogP) is 4.57. The molecule has 1 saturated heterocycles. The molecule has 3 aliphatic heterocycles. The van der Waals surface area contributed by atoms with Crippen LogP contribution in [0.1, 0.15) is 44.7 Å². The summed E-state index contributed by atoms with van der Waals surface area (Å²) in [5.74, 6) is -2.01. The minimum absolute atomic E-state index is 0.0258. The van der Waals surface area contributed by atoms with Gasteiger partial charge < -0.3 is 24.0 Å². The number of hydrogen-bond donors (Lipinski definition) is 0. The van der Waals surface area contributed by atoms with E-state index in [2.05, 4.69) is 4.99 Å². The highest BCUT2D eigenvalue weighted by Gasteiger charge is 2.50. The van der Waals surface area contributed by atoms with Crippen molar-refractivity contribution < 1.29 is 41.8 Å². The van der Waals surface area contributed by atoms with Gasteiger partial charge >= 0.3 is 18.1 Å². The Labute approximate surface area is 234 Å². The maximum Gasteiger partial charge on any atom is 0.434 e. The first-order chi connectivity index (χ1) is 19.1. The Morgan fingerprint density at radius 3 is 2.52 bits per heavy atom. The SMILES string of the molecule is CCOC(=O)C1=C(C(F)(F)F)N=C2SC=C(CC(=O)N3CCCC(C(=O)OCC)C3)N2C1c1ccccc1OC. The minimum atomic E-state index is -4.95. The first kappa shape index (κ1) is 29.5. The van der Waals surface area contributed by atoms with Gasteiger partial charge in [0.05, 0.1) is 44.3 Å². The topological polar surface area (TPSA) is 97.7 Å². The van der Waals surface area contributed by atoms with Crippen molar-refractivity contribution in [3.05, 3.63) is 52.2 Å². The number of methoxy groups -OCH3 is 1. The van der Waals surface area contributed by atoms with E-state index in [0.717, 1.165) is 11.8 Å². The van der Waals surface area contributed by atoms with Crippen LogP contribution >= 0.6 is 11.8 Å². The number of aliphatic imine (C=N–C) groups is 1. The van der Waals surface area contributed by atoms with E-state index in [4.69, 9.17) is 14.2 Å². The summed E-state index contributed by atoms with van der Waals surface area (Å²) in [5.41, 5.74) is -1.40. The van der Waals surface area contributed by atoms with Crippen LogP contribution in [0, 0.1) is 5.92 Å². The molecule has 1 amide bonds. The molecule has 216 valence electrons. The van der Waals surface area contributed by atoms with Crippen molar-refractivity contribution >= 4 is 34.8 Å². The fraction of sp³-hybridized carbons (Fsp3) is 0.481. The number of carbonyl (C=O) groups is 3. The van der Waals surface area contributed by atoms with Crippen molar-refractivity contribution in [1.82, 2.24) is 9.80 Å². The summed E-state index contributed by atoms with van der Waals surface area (Å²) in [6.07, 6.45) is -3.90. The molecule has 1 aromatic carbocycles. The van der Waals surface area contributed by atoms with Crippen molar-refractivity contribution in [1.29, 1.82) is 0 Å². The fourth-order valence-corrected chi connectivity index (χ4v) is 5.92. The van der Waals surface area contributed by atoms with Gasteiger partial charge in [0.15, 0.2) is 10.9 Å². The Hall–Kier alpha value is -3.48. The number of fused-ring (bicyclic) bond motifs is 1. The van der Waals surface area contributed by atoms with Gasteiger partial charge in [-0.2, -0.15) is 13.2 Å². The first-order valence-electron chi connectivity index (χ1n) is 12.9. The number of para-hydroxylation sites is 1. The average Bonchev–Trinajstić information content (AvgIpc) is 3.34. The number of amidine groups is 1. The quantitative estimate of drug-likeness (QED) is 0.412. The maximum atomic E-state index is 14.3. The molecular formula is C27H30F3N3O6S. The Kier molecular flexibility index (Phi) is 9.12. The lowest BCUT2D eigenvalue weighted by atomic mass is 9.92. The number of piperidine rings is 1. The second kappa shape index (κ2) is 12.4. The fourth-order valence-electron chi connectivity index (χ4n) is 5.00. The zero-order valence-electron chi connectivity index (χ0n) is 22.3. The molecule has 1 aromatic rings. The molecule has 0 N–H and O–H groups in total. The summed E-state index contributed by atoms with van der Waals surface area (Å²) in [5, 5.41) is 1.54. The van der Waals surface area contributed by atoms with Crippen molar-refractivity contribution in [2.24, 2.45) is 10.9 Å². The van der Waals surface area contributed by atoms with E-state index in [-0.39, 0.29) is 54.5 Å². The van der Waals surface area contributed by atoms with Gasteiger partial charge in [-0.1, -0.05) is 30.0 Å². The summed E-state index contributed by atoms with van der Waals surface area (Å²) in [6, 6.07) is 5.12. The van der Waals surface area contributed by atoms with Crippen LogP contribution in [0.25, 0.3) is 0 Å². The third-order valence-corrected chi connectivity index (χ3v) is 7.62. The molecule has 3 aliphatic rings. The van der Waals surface area contributed by atoms with Crippen LogP contribution in [-0.4, -0.2) is 72.4 Å².